The van der Waals surface area contributed by atoms with Crippen LogP contribution in [-0.2, 0) is 4.74 Å². The molecule has 0 bridgehead atoms. The Bertz CT molecular complexity index is 414. The van der Waals surface area contributed by atoms with Gasteiger partial charge in [0.1, 0.15) is 0 Å². The normalized spacial score (nSPS) is 19.4. The summed E-state index contributed by atoms with van der Waals surface area (Å²) in [5, 5.41) is 0. The fourth-order valence-corrected chi connectivity index (χ4v) is 2.98. The zero-order chi connectivity index (χ0) is 14.8. The predicted molar refractivity (Wildman–Crippen MR) is 84.8 cm³/mol. The van der Waals surface area contributed by atoms with Crippen LogP contribution < -0.4 is 5.73 Å². The van der Waals surface area contributed by atoms with E-state index in [4.69, 9.17) is 10.5 Å². The first-order valence-electron chi connectivity index (χ1n) is 7.90. The summed E-state index contributed by atoms with van der Waals surface area (Å²) in [6, 6.07) is 8.83. The lowest BCUT2D eigenvalue weighted by molar-refractivity contribution is -0.0283. The highest BCUT2D eigenvalue weighted by Gasteiger charge is 2.31. The largest absolute Gasteiger partial charge is 0.376 e. The van der Waals surface area contributed by atoms with E-state index in [1.54, 1.807) is 0 Å². The van der Waals surface area contributed by atoms with Gasteiger partial charge in [-0.05, 0) is 42.2 Å². The number of rotatable bonds is 5. The highest BCUT2D eigenvalue weighted by molar-refractivity contribution is 5.29. The summed E-state index contributed by atoms with van der Waals surface area (Å²) in [4.78, 5) is 0. The van der Waals surface area contributed by atoms with Gasteiger partial charge in [0.2, 0.25) is 0 Å². The molecule has 1 fully saturated rings. The Hall–Kier alpha value is -0.860. The van der Waals surface area contributed by atoms with Gasteiger partial charge in [-0.25, -0.2) is 0 Å². The van der Waals surface area contributed by atoms with Crippen LogP contribution in [-0.4, -0.2) is 12.7 Å². The van der Waals surface area contributed by atoms with Gasteiger partial charge in [0.05, 0.1) is 12.1 Å². The van der Waals surface area contributed by atoms with E-state index in [0.29, 0.717) is 6.61 Å². The third-order valence-corrected chi connectivity index (χ3v) is 4.42. The summed E-state index contributed by atoms with van der Waals surface area (Å²) in [7, 11) is 0. The van der Waals surface area contributed by atoms with E-state index >= 15 is 0 Å². The molecule has 2 heteroatoms. The van der Waals surface area contributed by atoms with E-state index in [9.17, 15) is 0 Å². The second-order valence-corrected chi connectivity index (χ2v) is 7.06. The zero-order valence-corrected chi connectivity index (χ0v) is 13.4. The molecule has 112 valence electrons. The maximum atomic E-state index is 6.46. The fraction of sp³-hybridized carbons (Fsp3) is 0.667. The molecule has 2 rings (SSSR count). The molecule has 0 radical (unpaired) electrons. The first-order valence-corrected chi connectivity index (χ1v) is 7.90. The third kappa shape index (κ3) is 3.42. The number of hydrogen-bond acceptors (Lipinski definition) is 2. The molecule has 1 aromatic rings. The van der Waals surface area contributed by atoms with Gasteiger partial charge in [0, 0.05) is 6.61 Å². The molecule has 0 spiro atoms. The molecule has 1 saturated carbocycles. The lowest BCUT2D eigenvalue weighted by atomic mass is 9.78. The second-order valence-electron chi connectivity index (χ2n) is 7.06. The van der Waals surface area contributed by atoms with Crippen molar-refractivity contribution in [3.8, 4) is 0 Å². The Kier molecular flexibility index (Phi) is 4.87. The first kappa shape index (κ1) is 15.5. The van der Waals surface area contributed by atoms with Crippen molar-refractivity contribution in [3.05, 3.63) is 35.4 Å². The van der Waals surface area contributed by atoms with Gasteiger partial charge in [0.25, 0.3) is 0 Å². The van der Waals surface area contributed by atoms with Crippen LogP contribution in [0.2, 0.25) is 0 Å². The van der Waals surface area contributed by atoms with E-state index in [2.05, 4.69) is 45.0 Å². The van der Waals surface area contributed by atoms with Crippen LogP contribution in [0.25, 0.3) is 0 Å². The molecule has 0 amide bonds. The molecule has 2 atom stereocenters. The molecular weight excluding hydrogens is 246 g/mol. The lowest BCUT2D eigenvalue weighted by Gasteiger charge is -2.35. The van der Waals surface area contributed by atoms with Gasteiger partial charge >= 0.3 is 0 Å². The molecule has 0 aromatic heterocycles. The van der Waals surface area contributed by atoms with Gasteiger partial charge in [-0.1, -0.05) is 51.5 Å². The van der Waals surface area contributed by atoms with Crippen molar-refractivity contribution in [2.24, 2.45) is 11.1 Å². The molecule has 2 N–H and O–H groups in total. The summed E-state index contributed by atoms with van der Waals surface area (Å²) in [5.41, 5.74) is 9.15. The summed E-state index contributed by atoms with van der Waals surface area (Å²) < 4.78 is 5.91. The first-order chi connectivity index (χ1) is 9.43. The summed E-state index contributed by atoms with van der Waals surface area (Å²) in [6.45, 7) is 9.31. The Morgan fingerprint density at radius 3 is 2.20 bits per heavy atom. The average Bonchev–Trinajstić information content (AvgIpc) is 2.32. The Morgan fingerprint density at radius 1 is 1.20 bits per heavy atom. The SMILES string of the molecule is CCOC(C(N)c1ccc(C2CCC2)cc1)C(C)(C)C. The third-order valence-electron chi connectivity index (χ3n) is 4.42. The molecule has 1 aromatic carbocycles. The smallest absolute Gasteiger partial charge is 0.0815 e. The van der Waals surface area contributed by atoms with Crippen molar-refractivity contribution in [2.75, 3.05) is 6.61 Å². The highest BCUT2D eigenvalue weighted by atomic mass is 16.5. The maximum absolute atomic E-state index is 6.46. The van der Waals surface area contributed by atoms with E-state index in [-0.39, 0.29) is 17.6 Å². The van der Waals surface area contributed by atoms with E-state index in [0.717, 1.165) is 5.92 Å². The van der Waals surface area contributed by atoms with Crippen LogP contribution >= 0.6 is 0 Å². The van der Waals surface area contributed by atoms with Crippen molar-refractivity contribution in [1.29, 1.82) is 0 Å². The van der Waals surface area contributed by atoms with Crippen LogP contribution in [0.4, 0.5) is 0 Å². The minimum Gasteiger partial charge on any atom is -0.376 e. The number of hydrogen-bond donors (Lipinski definition) is 1. The van der Waals surface area contributed by atoms with E-state index in [1.165, 1.54) is 30.4 Å². The van der Waals surface area contributed by atoms with Crippen molar-refractivity contribution in [2.45, 2.75) is 65.0 Å². The molecular formula is C18H29NO. The fourth-order valence-electron chi connectivity index (χ4n) is 2.98. The molecule has 1 aliphatic carbocycles. The Labute approximate surface area is 123 Å². The van der Waals surface area contributed by atoms with Gasteiger partial charge in [-0.2, -0.15) is 0 Å². The van der Waals surface area contributed by atoms with Crippen molar-refractivity contribution in [1.82, 2.24) is 0 Å². The summed E-state index contributed by atoms with van der Waals surface area (Å²) in [6.07, 6.45) is 4.11. The highest BCUT2D eigenvalue weighted by Crippen LogP contribution is 2.37. The molecule has 2 nitrogen and oxygen atoms in total. The monoisotopic (exact) mass is 275 g/mol. The van der Waals surface area contributed by atoms with Gasteiger partial charge in [-0.15, -0.1) is 0 Å². The number of nitrogens with two attached hydrogens (primary N) is 1. The van der Waals surface area contributed by atoms with Gasteiger partial charge in [-0.3, -0.25) is 0 Å². The van der Waals surface area contributed by atoms with Crippen LogP contribution in [0.3, 0.4) is 0 Å². The van der Waals surface area contributed by atoms with Crippen molar-refractivity contribution in [3.63, 3.8) is 0 Å². The minimum atomic E-state index is -0.0645. The standard InChI is InChI=1S/C18H29NO/c1-5-20-17(18(2,3)4)16(19)15-11-9-14(10-12-15)13-7-6-8-13/h9-13,16-17H,5-8,19H2,1-4H3. The summed E-state index contributed by atoms with van der Waals surface area (Å²) >= 11 is 0. The molecule has 0 aliphatic heterocycles. The van der Waals surface area contributed by atoms with Crippen LogP contribution in [0, 0.1) is 5.41 Å². The number of benzene rings is 1. The predicted octanol–water partition coefficient (Wildman–Crippen LogP) is 4.41. The van der Waals surface area contributed by atoms with Crippen LogP contribution in [0.5, 0.6) is 0 Å². The molecule has 2 unspecified atom stereocenters. The van der Waals surface area contributed by atoms with Crippen LogP contribution in [0.15, 0.2) is 24.3 Å². The maximum Gasteiger partial charge on any atom is 0.0815 e. The molecule has 20 heavy (non-hydrogen) atoms. The topological polar surface area (TPSA) is 35.2 Å². The van der Waals surface area contributed by atoms with Gasteiger partial charge < -0.3 is 10.5 Å². The molecule has 0 heterocycles. The lowest BCUT2D eigenvalue weighted by Crippen LogP contribution is -2.39. The summed E-state index contributed by atoms with van der Waals surface area (Å²) in [5.74, 6) is 0.783. The van der Waals surface area contributed by atoms with Crippen molar-refractivity contribution >= 4 is 0 Å². The van der Waals surface area contributed by atoms with E-state index in [1.807, 2.05) is 6.92 Å². The minimum absolute atomic E-state index is 0.0436. The average molecular weight is 275 g/mol. The van der Waals surface area contributed by atoms with Gasteiger partial charge in [0.15, 0.2) is 0 Å². The Morgan fingerprint density at radius 2 is 1.80 bits per heavy atom. The van der Waals surface area contributed by atoms with E-state index < -0.39 is 0 Å². The number of ether oxygens (including phenoxy) is 1. The second kappa shape index (κ2) is 6.28. The van der Waals surface area contributed by atoms with Crippen molar-refractivity contribution < 1.29 is 4.74 Å². The Balaban J connectivity index is 2.11. The quantitative estimate of drug-likeness (QED) is 0.864. The van der Waals surface area contributed by atoms with Crippen LogP contribution in [0.1, 0.15) is 70.0 Å². The zero-order valence-electron chi connectivity index (χ0n) is 13.4. The molecule has 0 saturated heterocycles. The molecule has 1 aliphatic rings.